The van der Waals surface area contributed by atoms with E-state index in [0.717, 1.165) is 25.9 Å². The van der Waals surface area contributed by atoms with Crippen LogP contribution in [0.2, 0.25) is 0 Å². The van der Waals surface area contributed by atoms with E-state index in [9.17, 15) is 0 Å². The molecule has 0 bridgehead atoms. The highest BCUT2D eigenvalue weighted by atomic mass is 79.9. The normalized spacial score (nSPS) is 12.8. The van der Waals surface area contributed by atoms with Crippen molar-refractivity contribution >= 4 is 21.6 Å². The summed E-state index contributed by atoms with van der Waals surface area (Å²) in [6.07, 6.45) is 1.95. The van der Waals surface area contributed by atoms with Crippen LogP contribution in [-0.2, 0) is 6.42 Å². The zero-order chi connectivity index (χ0) is 14.4. The topological polar surface area (TPSA) is 29.3 Å². The lowest BCUT2D eigenvalue weighted by atomic mass is 10.0. The van der Waals surface area contributed by atoms with Crippen molar-refractivity contribution in [3.8, 4) is 0 Å². The Balaban J connectivity index is 2.85. The summed E-state index contributed by atoms with van der Waals surface area (Å²) < 4.78 is 1.18. The van der Waals surface area contributed by atoms with Gasteiger partial charge in [0.2, 0.25) is 0 Å². The van der Waals surface area contributed by atoms with Gasteiger partial charge in [0.05, 0.1) is 0 Å². The standard InChI is InChI=1S/C16H27BrN2/c1-5-14(18)9-13-7-8-15(10-16(13)17)19(6-2)11-12(3)4/h7-8,10,12,14H,5-6,9,11,18H2,1-4H3. The maximum atomic E-state index is 6.03. The van der Waals surface area contributed by atoms with Crippen LogP contribution in [0.4, 0.5) is 5.69 Å². The molecule has 0 heterocycles. The molecule has 0 aliphatic carbocycles. The van der Waals surface area contributed by atoms with Crippen molar-refractivity contribution in [2.75, 3.05) is 18.0 Å². The third-order valence-electron chi connectivity index (χ3n) is 3.38. The highest BCUT2D eigenvalue weighted by molar-refractivity contribution is 9.10. The SMILES string of the molecule is CCC(N)Cc1ccc(N(CC)CC(C)C)cc1Br. The molecule has 1 atom stereocenters. The van der Waals surface area contributed by atoms with Gasteiger partial charge in [-0.25, -0.2) is 0 Å². The first kappa shape index (κ1) is 16.5. The largest absolute Gasteiger partial charge is 0.372 e. The molecule has 0 aromatic heterocycles. The molecule has 0 amide bonds. The molecule has 19 heavy (non-hydrogen) atoms. The van der Waals surface area contributed by atoms with E-state index in [2.05, 4.69) is 66.7 Å². The molecular formula is C16H27BrN2. The van der Waals surface area contributed by atoms with Crippen LogP contribution in [0.25, 0.3) is 0 Å². The van der Waals surface area contributed by atoms with Gasteiger partial charge in [0.25, 0.3) is 0 Å². The smallest absolute Gasteiger partial charge is 0.0377 e. The van der Waals surface area contributed by atoms with Crippen LogP contribution in [0.5, 0.6) is 0 Å². The first-order valence-electron chi connectivity index (χ1n) is 7.26. The van der Waals surface area contributed by atoms with Crippen LogP contribution in [0, 0.1) is 5.92 Å². The fourth-order valence-electron chi connectivity index (χ4n) is 2.18. The first-order valence-corrected chi connectivity index (χ1v) is 8.06. The maximum Gasteiger partial charge on any atom is 0.0377 e. The molecule has 2 nitrogen and oxygen atoms in total. The van der Waals surface area contributed by atoms with Crippen molar-refractivity contribution < 1.29 is 0 Å². The van der Waals surface area contributed by atoms with Crippen LogP contribution >= 0.6 is 15.9 Å². The average molecular weight is 327 g/mol. The van der Waals surface area contributed by atoms with Crippen molar-refractivity contribution in [1.29, 1.82) is 0 Å². The van der Waals surface area contributed by atoms with E-state index in [1.54, 1.807) is 0 Å². The Kier molecular flexibility index (Phi) is 6.87. The maximum absolute atomic E-state index is 6.03. The molecule has 1 aromatic rings. The summed E-state index contributed by atoms with van der Waals surface area (Å²) in [5.74, 6) is 0.673. The van der Waals surface area contributed by atoms with Crippen molar-refractivity contribution in [2.24, 2.45) is 11.7 Å². The van der Waals surface area contributed by atoms with Crippen molar-refractivity contribution in [2.45, 2.75) is 46.6 Å². The van der Waals surface area contributed by atoms with Gasteiger partial charge in [-0.05, 0) is 43.4 Å². The molecule has 1 aromatic carbocycles. The molecule has 0 aliphatic rings. The van der Waals surface area contributed by atoms with Gasteiger partial charge in [-0.15, -0.1) is 0 Å². The molecule has 1 unspecified atom stereocenters. The molecule has 0 fully saturated rings. The third kappa shape index (κ3) is 5.15. The summed E-state index contributed by atoms with van der Waals surface area (Å²) in [7, 11) is 0. The van der Waals surface area contributed by atoms with Crippen LogP contribution in [0.15, 0.2) is 22.7 Å². The molecule has 0 saturated carbocycles. The average Bonchev–Trinajstić information content (AvgIpc) is 2.37. The summed E-state index contributed by atoms with van der Waals surface area (Å²) in [6, 6.07) is 6.90. The van der Waals surface area contributed by atoms with Gasteiger partial charge in [-0.1, -0.05) is 42.8 Å². The number of nitrogens with zero attached hydrogens (tertiary/aromatic N) is 1. The Morgan fingerprint density at radius 3 is 2.42 bits per heavy atom. The number of halogens is 1. The van der Waals surface area contributed by atoms with E-state index < -0.39 is 0 Å². The molecule has 0 radical (unpaired) electrons. The Hall–Kier alpha value is -0.540. The minimum atomic E-state index is 0.250. The van der Waals surface area contributed by atoms with Gasteiger partial charge in [-0.2, -0.15) is 0 Å². The summed E-state index contributed by atoms with van der Waals surface area (Å²) in [5, 5.41) is 0. The van der Waals surface area contributed by atoms with Crippen molar-refractivity contribution in [1.82, 2.24) is 0 Å². The molecule has 0 aliphatic heterocycles. The van der Waals surface area contributed by atoms with E-state index in [1.165, 1.54) is 15.7 Å². The number of benzene rings is 1. The van der Waals surface area contributed by atoms with Gasteiger partial charge in [0.15, 0.2) is 0 Å². The van der Waals surface area contributed by atoms with Crippen molar-refractivity contribution in [3.05, 3.63) is 28.2 Å². The number of nitrogens with two attached hydrogens (primary N) is 1. The second kappa shape index (κ2) is 7.91. The van der Waals surface area contributed by atoms with E-state index in [1.807, 2.05) is 0 Å². The van der Waals surface area contributed by atoms with Crippen LogP contribution in [-0.4, -0.2) is 19.1 Å². The molecule has 108 valence electrons. The fourth-order valence-corrected chi connectivity index (χ4v) is 2.71. The van der Waals surface area contributed by atoms with E-state index in [0.29, 0.717) is 5.92 Å². The van der Waals surface area contributed by atoms with Gasteiger partial charge in [0, 0.05) is 29.3 Å². The Morgan fingerprint density at radius 1 is 1.26 bits per heavy atom. The Morgan fingerprint density at radius 2 is 1.95 bits per heavy atom. The third-order valence-corrected chi connectivity index (χ3v) is 4.11. The van der Waals surface area contributed by atoms with Crippen LogP contribution < -0.4 is 10.6 Å². The fraction of sp³-hybridized carbons (Fsp3) is 0.625. The van der Waals surface area contributed by atoms with Gasteiger partial charge >= 0.3 is 0 Å². The van der Waals surface area contributed by atoms with Crippen molar-refractivity contribution in [3.63, 3.8) is 0 Å². The molecular weight excluding hydrogens is 300 g/mol. The highest BCUT2D eigenvalue weighted by Crippen LogP contribution is 2.25. The zero-order valence-electron chi connectivity index (χ0n) is 12.6. The molecule has 0 saturated heterocycles. The van der Waals surface area contributed by atoms with E-state index in [4.69, 9.17) is 5.73 Å². The molecule has 2 N–H and O–H groups in total. The lowest BCUT2D eigenvalue weighted by Gasteiger charge is -2.26. The molecule has 0 spiro atoms. The summed E-state index contributed by atoms with van der Waals surface area (Å²) in [4.78, 5) is 2.42. The first-order chi connectivity index (χ1) is 8.97. The zero-order valence-corrected chi connectivity index (χ0v) is 14.2. The summed E-state index contributed by atoms with van der Waals surface area (Å²) in [6.45, 7) is 11.0. The highest BCUT2D eigenvalue weighted by Gasteiger charge is 2.10. The molecule has 3 heteroatoms. The van der Waals surface area contributed by atoms with Crippen LogP contribution in [0.1, 0.15) is 39.7 Å². The van der Waals surface area contributed by atoms with Gasteiger partial charge < -0.3 is 10.6 Å². The second-order valence-corrected chi connectivity index (χ2v) is 6.43. The number of anilines is 1. The van der Waals surface area contributed by atoms with Gasteiger partial charge in [0.1, 0.15) is 0 Å². The van der Waals surface area contributed by atoms with E-state index in [-0.39, 0.29) is 6.04 Å². The number of hydrogen-bond acceptors (Lipinski definition) is 2. The molecule has 1 rings (SSSR count). The number of rotatable bonds is 7. The minimum absolute atomic E-state index is 0.250. The lowest BCUT2D eigenvalue weighted by molar-refractivity contribution is 0.618. The summed E-state index contributed by atoms with van der Waals surface area (Å²) in [5.41, 5.74) is 8.63. The lowest BCUT2D eigenvalue weighted by Crippen LogP contribution is -2.27. The quantitative estimate of drug-likeness (QED) is 0.813. The second-order valence-electron chi connectivity index (χ2n) is 5.58. The Bertz CT molecular complexity index is 390. The predicted octanol–water partition coefficient (Wildman–Crippen LogP) is 4.21. The monoisotopic (exact) mass is 326 g/mol. The predicted molar refractivity (Wildman–Crippen MR) is 88.8 cm³/mol. The van der Waals surface area contributed by atoms with Gasteiger partial charge in [-0.3, -0.25) is 0 Å². The number of hydrogen-bond donors (Lipinski definition) is 1. The van der Waals surface area contributed by atoms with E-state index >= 15 is 0 Å². The Labute approximate surface area is 126 Å². The minimum Gasteiger partial charge on any atom is -0.372 e. The summed E-state index contributed by atoms with van der Waals surface area (Å²) >= 11 is 3.69. The van der Waals surface area contributed by atoms with Crippen LogP contribution in [0.3, 0.4) is 0 Å².